The highest BCUT2D eigenvalue weighted by molar-refractivity contribution is 5.89. The number of nitrogens with zero attached hydrogens (tertiary/aromatic N) is 1. The van der Waals surface area contributed by atoms with E-state index in [9.17, 15) is 4.79 Å². The SMILES string of the molecule is CC.CC(C)(C)C1=CC(NC(=O)Nc2ccc(C#Cc3ccc(OCCN4CCOCC4)cc3)cc2)NO1. The molecule has 0 saturated carbocycles. The second kappa shape index (κ2) is 14.4. The van der Waals surface area contributed by atoms with E-state index in [1.807, 2.05) is 89.2 Å². The fourth-order valence-electron chi connectivity index (χ4n) is 3.66. The molecule has 2 aliphatic rings. The van der Waals surface area contributed by atoms with Crippen molar-refractivity contribution in [1.29, 1.82) is 0 Å². The maximum Gasteiger partial charge on any atom is 0.320 e. The average Bonchev–Trinajstić information content (AvgIpc) is 3.40. The number of benzene rings is 2. The van der Waals surface area contributed by atoms with E-state index in [0.29, 0.717) is 12.3 Å². The van der Waals surface area contributed by atoms with Crippen LogP contribution in [0, 0.1) is 17.3 Å². The van der Waals surface area contributed by atoms with Gasteiger partial charge < -0.3 is 24.9 Å². The van der Waals surface area contributed by atoms with E-state index < -0.39 is 0 Å². The van der Waals surface area contributed by atoms with Gasteiger partial charge in [-0.2, -0.15) is 0 Å². The third-order valence-electron chi connectivity index (χ3n) is 5.77. The first kappa shape index (κ1) is 29.1. The van der Waals surface area contributed by atoms with Crippen molar-refractivity contribution in [2.75, 3.05) is 44.8 Å². The first-order valence-corrected chi connectivity index (χ1v) is 13.2. The topological polar surface area (TPSA) is 84.1 Å². The molecular formula is C30H40N4O4. The third-order valence-corrected chi connectivity index (χ3v) is 5.77. The fraction of sp³-hybridized carbons (Fsp3) is 0.433. The molecule has 4 rings (SSSR count). The first-order chi connectivity index (χ1) is 18.3. The van der Waals surface area contributed by atoms with Gasteiger partial charge in [0.2, 0.25) is 0 Å². The van der Waals surface area contributed by atoms with Gasteiger partial charge in [-0.3, -0.25) is 4.90 Å². The summed E-state index contributed by atoms with van der Waals surface area (Å²) in [7, 11) is 0. The number of carbonyl (C=O) groups is 1. The number of anilines is 1. The number of carbonyl (C=O) groups excluding carboxylic acids is 1. The molecule has 2 amide bonds. The molecule has 2 heterocycles. The fourth-order valence-corrected chi connectivity index (χ4v) is 3.66. The van der Waals surface area contributed by atoms with Crippen LogP contribution in [0.4, 0.5) is 10.5 Å². The number of allylic oxidation sites excluding steroid dienone is 1. The molecule has 2 aliphatic heterocycles. The predicted molar refractivity (Wildman–Crippen MR) is 151 cm³/mol. The minimum atomic E-state index is -0.383. The Morgan fingerprint density at radius 3 is 2.21 bits per heavy atom. The third kappa shape index (κ3) is 9.42. The zero-order valence-corrected chi connectivity index (χ0v) is 23.1. The van der Waals surface area contributed by atoms with Crippen LogP contribution in [0.3, 0.4) is 0 Å². The molecule has 0 aromatic heterocycles. The molecule has 1 saturated heterocycles. The van der Waals surface area contributed by atoms with E-state index in [0.717, 1.165) is 55.5 Å². The van der Waals surface area contributed by atoms with Crippen molar-refractivity contribution in [3.05, 3.63) is 71.5 Å². The lowest BCUT2D eigenvalue weighted by atomic mass is 9.94. The molecule has 2 aromatic carbocycles. The average molecular weight is 521 g/mol. The summed E-state index contributed by atoms with van der Waals surface area (Å²) in [6.45, 7) is 15.2. The van der Waals surface area contributed by atoms with E-state index in [4.69, 9.17) is 14.3 Å². The van der Waals surface area contributed by atoms with Crippen molar-refractivity contribution in [3.63, 3.8) is 0 Å². The van der Waals surface area contributed by atoms with Crippen molar-refractivity contribution in [2.24, 2.45) is 5.41 Å². The number of hydrogen-bond acceptors (Lipinski definition) is 6. The quantitative estimate of drug-likeness (QED) is 0.478. The zero-order valence-electron chi connectivity index (χ0n) is 23.1. The van der Waals surface area contributed by atoms with Crippen LogP contribution in [0.25, 0.3) is 0 Å². The number of nitrogens with one attached hydrogen (secondary N) is 3. The molecule has 8 nitrogen and oxygen atoms in total. The van der Waals surface area contributed by atoms with Crippen LogP contribution in [0.15, 0.2) is 60.4 Å². The van der Waals surface area contributed by atoms with Gasteiger partial charge in [0, 0.05) is 41.9 Å². The summed E-state index contributed by atoms with van der Waals surface area (Å²) in [5, 5.41) is 5.64. The summed E-state index contributed by atoms with van der Waals surface area (Å²) in [6, 6.07) is 14.9. The highest BCUT2D eigenvalue weighted by atomic mass is 16.7. The van der Waals surface area contributed by atoms with Crippen LogP contribution in [-0.4, -0.2) is 56.6 Å². The van der Waals surface area contributed by atoms with Crippen molar-refractivity contribution in [2.45, 2.75) is 40.8 Å². The maximum absolute atomic E-state index is 12.3. The number of morpholine rings is 1. The van der Waals surface area contributed by atoms with Crippen molar-refractivity contribution < 1.29 is 19.1 Å². The van der Waals surface area contributed by atoms with Gasteiger partial charge in [0.1, 0.15) is 24.3 Å². The molecule has 38 heavy (non-hydrogen) atoms. The van der Waals surface area contributed by atoms with Crippen molar-refractivity contribution >= 4 is 11.7 Å². The van der Waals surface area contributed by atoms with Gasteiger partial charge in [-0.1, -0.05) is 46.5 Å². The first-order valence-electron chi connectivity index (χ1n) is 13.2. The molecule has 0 aliphatic carbocycles. The monoisotopic (exact) mass is 520 g/mol. The second-order valence-electron chi connectivity index (χ2n) is 9.73. The molecule has 204 valence electrons. The highest BCUT2D eigenvalue weighted by Crippen LogP contribution is 2.28. The van der Waals surface area contributed by atoms with Crippen LogP contribution < -0.4 is 20.9 Å². The number of hydroxylamine groups is 1. The Balaban J connectivity index is 0.00000195. The predicted octanol–water partition coefficient (Wildman–Crippen LogP) is 4.74. The molecular weight excluding hydrogens is 480 g/mol. The van der Waals surface area contributed by atoms with E-state index in [1.54, 1.807) is 0 Å². The highest BCUT2D eigenvalue weighted by Gasteiger charge is 2.27. The van der Waals surface area contributed by atoms with Gasteiger partial charge in [-0.05, 0) is 54.6 Å². The maximum atomic E-state index is 12.3. The van der Waals surface area contributed by atoms with Crippen molar-refractivity contribution in [3.8, 4) is 17.6 Å². The zero-order chi connectivity index (χ0) is 27.4. The van der Waals surface area contributed by atoms with Crippen LogP contribution in [0.2, 0.25) is 0 Å². The lowest BCUT2D eigenvalue weighted by Crippen LogP contribution is -2.43. The Hall–Kier alpha value is -3.51. The number of ether oxygens (including phenoxy) is 2. The van der Waals surface area contributed by atoms with Crippen LogP contribution >= 0.6 is 0 Å². The van der Waals surface area contributed by atoms with E-state index in [-0.39, 0.29) is 17.6 Å². The molecule has 0 spiro atoms. The van der Waals surface area contributed by atoms with Crippen LogP contribution in [0.1, 0.15) is 45.7 Å². The number of amides is 2. The Kier molecular flexibility index (Phi) is 11.0. The van der Waals surface area contributed by atoms with E-state index in [2.05, 4.69) is 32.9 Å². The summed E-state index contributed by atoms with van der Waals surface area (Å²) in [6.07, 6.45) is 1.48. The Labute approximate surface area is 226 Å². The van der Waals surface area contributed by atoms with Crippen LogP contribution in [-0.2, 0) is 9.57 Å². The van der Waals surface area contributed by atoms with Gasteiger partial charge in [-0.15, -0.1) is 5.48 Å². The minimum absolute atomic E-state index is 0.129. The number of urea groups is 1. The van der Waals surface area contributed by atoms with Gasteiger partial charge in [0.15, 0.2) is 0 Å². The molecule has 1 unspecified atom stereocenters. The Bertz CT molecular complexity index is 1110. The Morgan fingerprint density at radius 1 is 1.03 bits per heavy atom. The van der Waals surface area contributed by atoms with E-state index >= 15 is 0 Å². The summed E-state index contributed by atoms with van der Waals surface area (Å²) >= 11 is 0. The summed E-state index contributed by atoms with van der Waals surface area (Å²) in [5.41, 5.74) is 5.11. The molecule has 2 aromatic rings. The molecule has 1 atom stereocenters. The van der Waals surface area contributed by atoms with E-state index in [1.165, 1.54) is 0 Å². The molecule has 0 bridgehead atoms. The lowest BCUT2D eigenvalue weighted by molar-refractivity contribution is 0.0322. The lowest BCUT2D eigenvalue weighted by Gasteiger charge is -2.26. The van der Waals surface area contributed by atoms with Gasteiger partial charge >= 0.3 is 6.03 Å². The van der Waals surface area contributed by atoms with Crippen LogP contribution in [0.5, 0.6) is 5.75 Å². The van der Waals surface area contributed by atoms with Gasteiger partial charge in [-0.25, -0.2) is 4.79 Å². The summed E-state index contributed by atoms with van der Waals surface area (Å²) in [4.78, 5) is 20.1. The molecule has 1 fully saturated rings. The summed E-state index contributed by atoms with van der Waals surface area (Å²) in [5.74, 6) is 7.95. The molecule has 8 heteroatoms. The van der Waals surface area contributed by atoms with Crippen molar-refractivity contribution in [1.82, 2.24) is 15.7 Å². The smallest absolute Gasteiger partial charge is 0.320 e. The van der Waals surface area contributed by atoms with Gasteiger partial charge in [0.25, 0.3) is 0 Å². The number of hydrogen-bond donors (Lipinski definition) is 3. The Morgan fingerprint density at radius 2 is 1.63 bits per heavy atom. The number of rotatable bonds is 6. The normalized spacial score (nSPS) is 17.1. The largest absolute Gasteiger partial charge is 0.492 e. The molecule has 0 radical (unpaired) electrons. The standard InChI is InChI=1S/C28H34N4O4.C2H6/c1-28(2,3)25-20-26(31-36-25)30-27(33)29-23-10-6-21(7-11-23)4-5-22-8-12-24(13-9-22)35-19-16-32-14-17-34-18-15-32;1-2/h6-13,20,26,31H,14-19H2,1-3H3,(H2,29,30,33);1-2H3. The van der Waals surface area contributed by atoms with Gasteiger partial charge in [0.05, 0.1) is 13.2 Å². The second-order valence-corrected chi connectivity index (χ2v) is 9.73. The summed E-state index contributed by atoms with van der Waals surface area (Å²) < 4.78 is 11.2. The molecule has 3 N–H and O–H groups in total. The minimum Gasteiger partial charge on any atom is -0.492 e.